The summed E-state index contributed by atoms with van der Waals surface area (Å²) in [5.74, 6) is 0.546. The maximum Gasteiger partial charge on any atom is 0.417 e. The van der Waals surface area contributed by atoms with Crippen molar-refractivity contribution in [1.29, 1.82) is 0 Å². The molecule has 0 aliphatic heterocycles. The fourth-order valence-corrected chi connectivity index (χ4v) is 2.41. The van der Waals surface area contributed by atoms with Gasteiger partial charge in [0.15, 0.2) is 0 Å². The number of aromatic nitrogens is 2. The highest BCUT2D eigenvalue weighted by molar-refractivity contribution is 9.10. The van der Waals surface area contributed by atoms with Gasteiger partial charge in [0.25, 0.3) is 0 Å². The van der Waals surface area contributed by atoms with E-state index in [1.54, 1.807) is 23.8 Å². The molecule has 2 aromatic rings. The van der Waals surface area contributed by atoms with Gasteiger partial charge < -0.3 is 5.32 Å². The van der Waals surface area contributed by atoms with Crippen LogP contribution >= 0.6 is 15.9 Å². The molecule has 0 radical (unpaired) electrons. The quantitative estimate of drug-likeness (QED) is 0.848. The molecule has 0 fully saturated rings. The number of alkyl halides is 3. The van der Waals surface area contributed by atoms with Crippen LogP contribution in [0.15, 0.2) is 28.9 Å². The van der Waals surface area contributed by atoms with E-state index in [9.17, 15) is 13.2 Å². The fourth-order valence-electron chi connectivity index (χ4n) is 1.94. The predicted octanol–water partition coefficient (Wildman–Crippen LogP) is 4.78. The fraction of sp³-hybridized carbons (Fsp3) is 0.357. The van der Waals surface area contributed by atoms with Crippen LogP contribution in [0.1, 0.15) is 24.6 Å². The van der Waals surface area contributed by atoms with E-state index in [0.717, 1.165) is 18.2 Å². The van der Waals surface area contributed by atoms with E-state index >= 15 is 0 Å². The molecule has 0 saturated carbocycles. The van der Waals surface area contributed by atoms with Crippen molar-refractivity contribution in [3.8, 4) is 5.69 Å². The molecule has 0 bridgehead atoms. The molecular formula is C14H15BrF3N3. The second kappa shape index (κ2) is 6.09. The van der Waals surface area contributed by atoms with E-state index in [2.05, 4.69) is 26.2 Å². The standard InChI is InChI=1S/C14H15BrF3N3/c1-3-6-19-13-20-9(2)8-21(13)10-4-5-12(15)11(7-10)14(16,17)18/h4-5,7-8H,3,6H2,1-2H3,(H,19,20). The molecule has 2 rings (SSSR count). The van der Waals surface area contributed by atoms with E-state index < -0.39 is 11.7 Å². The van der Waals surface area contributed by atoms with Gasteiger partial charge >= 0.3 is 6.18 Å². The van der Waals surface area contributed by atoms with Gasteiger partial charge in [-0.25, -0.2) is 4.98 Å². The first-order chi connectivity index (χ1) is 9.82. The van der Waals surface area contributed by atoms with Gasteiger partial charge in [0, 0.05) is 22.9 Å². The zero-order valence-electron chi connectivity index (χ0n) is 11.6. The van der Waals surface area contributed by atoms with Crippen molar-refractivity contribution >= 4 is 21.9 Å². The summed E-state index contributed by atoms with van der Waals surface area (Å²) in [5, 5.41) is 3.11. The zero-order valence-corrected chi connectivity index (χ0v) is 13.2. The van der Waals surface area contributed by atoms with E-state index in [4.69, 9.17) is 0 Å². The maximum atomic E-state index is 13.0. The molecule has 7 heteroatoms. The number of imidazole rings is 1. The van der Waals surface area contributed by atoms with Gasteiger partial charge in [-0.2, -0.15) is 13.2 Å². The Kier molecular flexibility index (Phi) is 4.61. The number of nitrogens with one attached hydrogen (secondary N) is 1. The summed E-state index contributed by atoms with van der Waals surface area (Å²) in [6.07, 6.45) is -1.79. The monoisotopic (exact) mass is 361 g/mol. The molecule has 0 unspecified atom stereocenters. The van der Waals surface area contributed by atoms with Crippen molar-refractivity contribution in [3.63, 3.8) is 0 Å². The first-order valence-corrected chi connectivity index (χ1v) is 7.29. The number of anilines is 1. The number of nitrogens with zero attached hydrogens (tertiary/aromatic N) is 2. The van der Waals surface area contributed by atoms with Crippen molar-refractivity contribution in [3.05, 3.63) is 40.1 Å². The van der Waals surface area contributed by atoms with Crippen LogP contribution < -0.4 is 5.32 Å². The largest absolute Gasteiger partial charge is 0.417 e. The van der Waals surface area contributed by atoms with Gasteiger partial charge in [-0.1, -0.05) is 22.9 Å². The van der Waals surface area contributed by atoms with Crippen LogP contribution in [0.25, 0.3) is 5.69 Å². The molecule has 1 aromatic carbocycles. The van der Waals surface area contributed by atoms with Crippen molar-refractivity contribution < 1.29 is 13.2 Å². The average Bonchev–Trinajstić information content (AvgIpc) is 2.76. The maximum absolute atomic E-state index is 13.0. The zero-order chi connectivity index (χ0) is 15.6. The molecule has 0 aliphatic rings. The number of hydrogen-bond donors (Lipinski definition) is 1. The molecule has 1 aromatic heterocycles. The van der Waals surface area contributed by atoms with Crippen molar-refractivity contribution in [2.24, 2.45) is 0 Å². The van der Waals surface area contributed by atoms with Crippen LogP contribution in [0.3, 0.4) is 0 Å². The summed E-state index contributed by atoms with van der Waals surface area (Å²) in [4.78, 5) is 4.30. The highest BCUT2D eigenvalue weighted by atomic mass is 79.9. The first-order valence-electron chi connectivity index (χ1n) is 6.50. The number of halogens is 4. The first kappa shape index (κ1) is 15.9. The van der Waals surface area contributed by atoms with Gasteiger partial charge in [0.1, 0.15) is 0 Å². The minimum atomic E-state index is -4.40. The summed E-state index contributed by atoms with van der Waals surface area (Å²) < 4.78 is 40.6. The lowest BCUT2D eigenvalue weighted by molar-refractivity contribution is -0.138. The molecule has 0 saturated heterocycles. The normalized spacial score (nSPS) is 11.7. The van der Waals surface area contributed by atoms with Gasteiger partial charge in [-0.05, 0) is 31.5 Å². The Labute approximate surface area is 129 Å². The van der Waals surface area contributed by atoms with Gasteiger partial charge in [-0.15, -0.1) is 0 Å². The Morgan fingerprint density at radius 1 is 1.33 bits per heavy atom. The van der Waals surface area contributed by atoms with E-state index in [-0.39, 0.29) is 4.47 Å². The molecule has 0 amide bonds. The van der Waals surface area contributed by atoms with Crippen molar-refractivity contribution in [2.75, 3.05) is 11.9 Å². The van der Waals surface area contributed by atoms with Crippen LogP contribution in [0.2, 0.25) is 0 Å². The molecule has 0 spiro atoms. The Hall–Kier alpha value is -1.50. The smallest absolute Gasteiger partial charge is 0.355 e. The Balaban J connectivity index is 2.47. The van der Waals surface area contributed by atoms with Crippen LogP contribution in [0.5, 0.6) is 0 Å². The minimum absolute atomic E-state index is 0.0265. The third kappa shape index (κ3) is 3.58. The topological polar surface area (TPSA) is 29.9 Å². The lowest BCUT2D eigenvalue weighted by Crippen LogP contribution is -2.09. The highest BCUT2D eigenvalue weighted by Crippen LogP contribution is 2.36. The third-order valence-corrected chi connectivity index (χ3v) is 3.58. The SMILES string of the molecule is CCCNc1nc(C)cn1-c1ccc(Br)c(C(F)(F)F)c1. The lowest BCUT2D eigenvalue weighted by atomic mass is 10.2. The Bertz CT molecular complexity index is 635. The summed E-state index contributed by atoms with van der Waals surface area (Å²) in [6.45, 7) is 4.52. The molecule has 21 heavy (non-hydrogen) atoms. The molecule has 0 aliphatic carbocycles. The van der Waals surface area contributed by atoms with Gasteiger partial charge in [-0.3, -0.25) is 4.57 Å². The van der Waals surface area contributed by atoms with Crippen LogP contribution in [0.4, 0.5) is 19.1 Å². The molecule has 0 atom stereocenters. The van der Waals surface area contributed by atoms with Crippen LogP contribution in [0, 0.1) is 6.92 Å². The summed E-state index contributed by atoms with van der Waals surface area (Å²) in [6, 6.07) is 4.14. The molecular weight excluding hydrogens is 347 g/mol. The average molecular weight is 362 g/mol. The lowest BCUT2D eigenvalue weighted by Gasteiger charge is -2.13. The minimum Gasteiger partial charge on any atom is -0.355 e. The van der Waals surface area contributed by atoms with E-state index in [1.807, 2.05) is 6.92 Å². The van der Waals surface area contributed by atoms with E-state index in [1.165, 1.54) is 6.07 Å². The second-order valence-corrected chi connectivity index (χ2v) is 5.52. The van der Waals surface area contributed by atoms with Crippen molar-refractivity contribution in [2.45, 2.75) is 26.4 Å². The molecule has 3 nitrogen and oxygen atoms in total. The summed E-state index contributed by atoms with van der Waals surface area (Å²) in [5.41, 5.74) is 0.461. The van der Waals surface area contributed by atoms with Gasteiger partial charge in [0.2, 0.25) is 5.95 Å². The number of benzene rings is 1. The third-order valence-electron chi connectivity index (χ3n) is 2.89. The van der Waals surface area contributed by atoms with Gasteiger partial charge in [0.05, 0.1) is 11.3 Å². The predicted molar refractivity (Wildman–Crippen MR) is 79.8 cm³/mol. The summed E-state index contributed by atoms with van der Waals surface area (Å²) in [7, 11) is 0. The Morgan fingerprint density at radius 3 is 2.67 bits per heavy atom. The molecule has 1 heterocycles. The highest BCUT2D eigenvalue weighted by Gasteiger charge is 2.33. The summed E-state index contributed by atoms with van der Waals surface area (Å²) >= 11 is 2.94. The molecule has 1 N–H and O–H groups in total. The van der Waals surface area contributed by atoms with Crippen LogP contribution in [-0.4, -0.2) is 16.1 Å². The van der Waals surface area contributed by atoms with E-state index in [0.29, 0.717) is 18.2 Å². The van der Waals surface area contributed by atoms with Crippen LogP contribution in [-0.2, 0) is 6.18 Å². The Morgan fingerprint density at radius 2 is 2.05 bits per heavy atom. The number of rotatable bonds is 4. The number of hydrogen-bond acceptors (Lipinski definition) is 2. The molecule has 114 valence electrons. The number of aryl methyl sites for hydroxylation is 1. The second-order valence-electron chi connectivity index (χ2n) is 4.66. The van der Waals surface area contributed by atoms with Crippen molar-refractivity contribution in [1.82, 2.24) is 9.55 Å².